The van der Waals surface area contributed by atoms with Crippen molar-refractivity contribution >= 4 is 21.6 Å². The predicted octanol–water partition coefficient (Wildman–Crippen LogP) is 4.11. The summed E-state index contributed by atoms with van der Waals surface area (Å²) in [5.41, 5.74) is 0. The number of para-hydroxylation sites is 1. The van der Waals surface area contributed by atoms with Crippen molar-refractivity contribution in [3.05, 3.63) is 60.7 Å². The highest BCUT2D eigenvalue weighted by atomic mass is 32.3. The van der Waals surface area contributed by atoms with Gasteiger partial charge in [-0.05, 0) is 30.7 Å². The summed E-state index contributed by atoms with van der Waals surface area (Å²) in [7, 11) is -3.56. The Morgan fingerprint density at radius 2 is 1.64 bits per heavy atom. The molecule has 0 bridgehead atoms. The monoisotopic (exact) mass is 334 g/mol. The van der Waals surface area contributed by atoms with Crippen LogP contribution in [0.2, 0.25) is 0 Å². The molecule has 1 aliphatic heterocycles. The standard InChI is InChI=1S/C17H18O3S2/c1-2-9-16-17(21-16,20-14-10-5-3-6-11-14)22(18,19)15-12-7-4-8-13-15/h3-8,10-13,16H,2,9H2,1H3. The lowest BCUT2D eigenvalue weighted by Gasteiger charge is -2.19. The third-order valence-electron chi connectivity index (χ3n) is 3.63. The van der Waals surface area contributed by atoms with Crippen LogP contribution in [0.15, 0.2) is 65.6 Å². The fourth-order valence-corrected chi connectivity index (χ4v) is 6.49. The largest absolute Gasteiger partial charge is 0.460 e. The summed E-state index contributed by atoms with van der Waals surface area (Å²) in [5, 5.41) is -0.0251. The van der Waals surface area contributed by atoms with Crippen LogP contribution in [0, 0.1) is 0 Å². The predicted molar refractivity (Wildman–Crippen MR) is 89.7 cm³/mol. The molecule has 2 aromatic rings. The van der Waals surface area contributed by atoms with E-state index in [1.165, 1.54) is 11.8 Å². The number of sulfone groups is 1. The summed E-state index contributed by atoms with van der Waals surface area (Å²) in [6.45, 7) is 2.06. The van der Waals surface area contributed by atoms with Gasteiger partial charge in [0.15, 0.2) is 0 Å². The third kappa shape index (κ3) is 2.63. The SMILES string of the molecule is CCCC1SC1(Oc1ccccc1)S(=O)(=O)c1ccccc1. The van der Waals surface area contributed by atoms with Gasteiger partial charge >= 0.3 is 0 Å². The van der Waals surface area contributed by atoms with Crippen molar-refractivity contribution in [2.75, 3.05) is 0 Å². The molecule has 1 aliphatic rings. The molecule has 1 saturated heterocycles. The highest BCUT2D eigenvalue weighted by Crippen LogP contribution is 2.61. The van der Waals surface area contributed by atoms with Crippen molar-refractivity contribution in [2.24, 2.45) is 0 Å². The highest BCUT2D eigenvalue weighted by Gasteiger charge is 2.68. The van der Waals surface area contributed by atoms with E-state index >= 15 is 0 Å². The van der Waals surface area contributed by atoms with E-state index in [-0.39, 0.29) is 5.25 Å². The molecule has 0 aliphatic carbocycles. The van der Waals surface area contributed by atoms with E-state index in [1.807, 2.05) is 24.3 Å². The van der Waals surface area contributed by atoms with Gasteiger partial charge in [0.1, 0.15) is 5.75 Å². The van der Waals surface area contributed by atoms with Crippen LogP contribution in [-0.4, -0.2) is 17.9 Å². The van der Waals surface area contributed by atoms with Gasteiger partial charge in [-0.15, -0.1) is 0 Å². The normalized spacial score (nSPS) is 24.0. The second-order valence-corrected chi connectivity index (χ2v) is 8.98. The van der Waals surface area contributed by atoms with Gasteiger partial charge in [-0.3, -0.25) is 0 Å². The Hall–Kier alpha value is -1.46. The topological polar surface area (TPSA) is 43.4 Å². The lowest BCUT2D eigenvalue weighted by molar-refractivity contribution is 0.267. The van der Waals surface area contributed by atoms with Crippen LogP contribution in [0.3, 0.4) is 0 Å². The van der Waals surface area contributed by atoms with E-state index in [0.29, 0.717) is 10.6 Å². The van der Waals surface area contributed by atoms with Crippen LogP contribution in [0.4, 0.5) is 0 Å². The Labute approximate surface area is 135 Å². The average Bonchev–Trinajstić information content (AvgIpc) is 3.24. The van der Waals surface area contributed by atoms with Gasteiger partial charge in [0, 0.05) is 0 Å². The smallest absolute Gasteiger partial charge is 0.271 e. The summed E-state index contributed by atoms with van der Waals surface area (Å²) in [5.74, 6) is 0.591. The summed E-state index contributed by atoms with van der Waals surface area (Å²) in [4.78, 5) is 0.317. The number of rotatable bonds is 6. The van der Waals surface area contributed by atoms with Crippen molar-refractivity contribution in [3.63, 3.8) is 0 Å². The van der Waals surface area contributed by atoms with Crippen molar-refractivity contribution in [2.45, 2.75) is 34.2 Å². The number of hydrogen-bond acceptors (Lipinski definition) is 4. The number of ether oxygens (including phenoxy) is 1. The maximum Gasteiger partial charge on any atom is 0.271 e. The number of benzene rings is 2. The minimum Gasteiger partial charge on any atom is -0.460 e. The first kappa shape index (κ1) is 15.4. The molecule has 2 unspecified atom stereocenters. The van der Waals surface area contributed by atoms with Crippen molar-refractivity contribution in [1.82, 2.24) is 0 Å². The van der Waals surface area contributed by atoms with Crippen LogP contribution < -0.4 is 4.74 Å². The molecule has 116 valence electrons. The minimum absolute atomic E-state index is 0.0251. The molecule has 0 N–H and O–H groups in total. The molecule has 0 aromatic heterocycles. The van der Waals surface area contributed by atoms with E-state index in [4.69, 9.17) is 4.74 Å². The van der Waals surface area contributed by atoms with Gasteiger partial charge in [-0.1, -0.05) is 61.5 Å². The Morgan fingerprint density at radius 1 is 1.05 bits per heavy atom. The number of thioether (sulfide) groups is 1. The van der Waals surface area contributed by atoms with Gasteiger partial charge in [0.05, 0.1) is 10.1 Å². The molecule has 0 spiro atoms. The fourth-order valence-electron chi connectivity index (χ4n) is 2.46. The Balaban J connectivity index is 1.98. The first-order valence-electron chi connectivity index (χ1n) is 7.32. The molecule has 2 aromatic carbocycles. The van der Waals surface area contributed by atoms with Crippen LogP contribution in [0.5, 0.6) is 5.75 Å². The van der Waals surface area contributed by atoms with Gasteiger partial charge in [-0.2, -0.15) is 0 Å². The average molecular weight is 334 g/mol. The Morgan fingerprint density at radius 3 is 2.23 bits per heavy atom. The van der Waals surface area contributed by atoms with E-state index in [2.05, 4.69) is 6.92 Å². The maximum absolute atomic E-state index is 13.1. The lowest BCUT2D eigenvalue weighted by atomic mass is 10.2. The Bertz CT molecular complexity index is 729. The molecule has 0 amide bonds. The Kier molecular flexibility index (Phi) is 4.19. The van der Waals surface area contributed by atoms with Crippen LogP contribution in [-0.2, 0) is 9.84 Å². The van der Waals surface area contributed by atoms with E-state index in [1.54, 1.807) is 36.4 Å². The second kappa shape index (κ2) is 5.97. The first-order chi connectivity index (χ1) is 10.6. The molecule has 1 heterocycles. The molecule has 3 nitrogen and oxygen atoms in total. The zero-order chi connectivity index (χ0) is 15.6. The van der Waals surface area contributed by atoms with E-state index in [9.17, 15) is 8.42 Å². The summed E-state index contributed by atoms with van der Waals surface area (Å²) in [6.07, 6.45) is 1.76. The molecule has 5 heteroatoms. The first-order valence-corrected chi connectivity index (χ1v) is 9.68. The quantitative estimate of drug-likeness (QED) is 0.746. The van der Waals surface area contributed by atoms with Crippen LogP contribution in [0.1, 0.15) is 19.8 Å². The molecule has 0 saturated carbocycles. The van der Waals surface area contributed by atoms with Gasteiger partial charge in [0.25, 0.3) is 4.27 Å². The highest BCUT2D eigenvalue weighted by molar-refractivity contribution is 8.22. The van der Waals surface area contributed by atoms with Crippen LogP contribution in [0.25, 0.3) is 0 Å². The van der Waals surface area contributed by atoms with Crippen molar-refractivity contribution in [3.8, 4) is 5.75 Å². The summed E-state index contributed by atoms with van der Waals surface area (Å²) in [6, 6.07) is 17.7. The second-order valence-electron chi connectivity index (χ2n) is 5.23. The fraction of sp³-hybridized carbons (Fsp3) is 0.294. The van der Waals surface area contributed by atoms with Crippen molar-refractivity contribution < 1.29 is 13.2 Å². The molecular weight excluding hydrogens is 316 g/mol. The minimum atomic E-state index is -3.56. The molecule has 2 atom stereocenters. The van der Waals surface area contributed by atoms with Gasteiger partial charge in [0.2, 0.25) is 9.84 Å². The van der Waals surface area contributed by atoms with Crippen LogP contribution >= 0.6 is 11.8 Å². The molecule has 0 radical (unpaired) electrons. The summed E-state index contributed by atoms with van der Waals surface area (Å²) >= 11 is 1.40. The zero-order valence-corrected chi connectivity index (χ0v) is 13.9. The van der Waals surface area contributed by atoms with E-state index < -0.39 is 14.1 Å². The van der Waals surface area contributed by atoms with Gasteiger partial charge in [-0.25, -0.2) is 8.42 Å². The molecular formula is C17H18O3S2. The zero-order valence-electron chi connectivity index (χ0n) is 12.3. The molecule has 22 heavy (non-hydrogen) atoms. The molecule has 1 fully saturated rings. The number of hydrogen-bond donors (Lipinski definition) is 0. The summed E-state index contributed by atoms with van der Waals surface area (Å²) < 4.78 is 30.9. The van der Waals surface area contributed by atoms with Gasteiger partial charge < -0.3 is 4.74 Å². The maximum atomic E-state index is 13.1. The molecule has 3 rings (SSSR count). The van der Waals surface area contributed by atoms with Crippen molar-refractivity contribution in [1.29, 1.82) is 0 Å². The van der Waals surface area contributed by atoms with E-state index in [0.717, 1.165) is 12.8 Å². The third-order valence-corrected chi connectivity index (χ3v) is 8.03. The lowest BCUT2D eigenvalue weighted by Crippen LogP contribution is -2.33.